The van der Waals surface area contributed by atoms with E-state index < -0.39 is 16.9 Å². The second-order valence-corrected chi connectivity index (χ2v) is 10.8. The highest BCUT2D eigenvalue weighted by molar-refractivity contribution is 5.99. The number of rotatable bonds is 5. The van der Waals surface area contributed by atoms with E-state index in [1.807, 2.05) is 37.5 Å². The zero-order valence-corrected chi connectivity index (χ0v) is 21.1. The van der Waals surface area contributed by atoms with Gasteiger partial charge in [0.2, 0.25) is 5.43 Å². The number of aromatic nitrogens is 2. The fraction of sp³-hybridized carbons (Fsp3) is 0.556. The van der Waals surface area contributed by atoms with Crippen molar-refractivity contribution in [1.29, 1.82) is 0 Å². The molecule has 0 spiro atoms. The monoisotopic (exact) mass is 479 g/mol. The van der Waals surface area contributed by atoms with Crippen LogP contribution in [0.4, 0.5) is 0 Å². The van der Waals surface area contributed by atoms with E-state index in [0.717, 1.165) is 45.3 Å². The van der Waals surface area contributed by atoms with Crippen molar-refractivity contribution in [3.05, 3.63) is 63.8 Å². The first kappa shape index (κ1) is 25.1. The normalized spacial score (nSPS) is 17.9. The number of piperazine rings is 1. The van der Waals surface area contributed by atoms with Crippen LogP contribution in [0.15, 0.2) is 41.7 Å². The first-order valence-electron chi connectivity index (χ1n) is 12.7. The summed E-state index contributed by atoms with van der Waals surface area (Å²) in [6.45, 7) is 9.00. The van der Waals surface area contributed by atoms with Crippen molar-refractivity contribution >= 4 is 11.8 Å². The Morgan fingerprint density at radius 1 is 0.971 bits per heavy atom. The zero-order valence-electron chi connectivity index (χ0n) is 21.1. The molecule has 0 radical (unpaired) electrons. The average Bonchev–Trinajstić information content (AvgIpc) is 2.84. The molecule has 1 saturated heterocycles. The van der Waals surface area contributed by atoms with Gasteiger partial charge in [0.05, 0.1) is 0 Å². The number of nitrogens with zero attached hydrogens (tertiary/aromatic N) is 4. The van der Waals surface area contributed by atoms with E-state index in [1.54, 1.807) is 29.7 Å². The summed E-state index contributed by atoms with van der Waals surface area (Å²) in [5.41, 5.74) is 0.368. The second kappa shape index (κ2) is 10.7. The molecule has 1 saturated carbocycles. The molecule has 0 bridgehead atoms. The number of amides is 2. The molecular weight excluding hydrogens is 442 g/mol. The van der Waals surface area contributed by atoms with Crippen LogP contribution in [0.3, 0.4) is 0 Å². The number of carbonyl (C=O) groups is 2. The lowest BCUT2D eigenvalue weighted by atomic mass is 9.95. The van der Waals surface area contributed by atoms with Crippen LogP contribution in [0.5, 0.6) is 0 Å². The maximum Gasteiger partial charge on any atom is 0.259 e. The van der Waals surface area contributed by atoms with Crippen LogP contribution in [0.1, 0.15) is 85.2 Å². The van der Waals surface area contributed by atoms with Gasteiger partial charge in [0.25, 0.3) is 11.8 Å². The lowest BCUT2D eigenvalue weighted by Crippen LogP contribution is -2.49. The van der Waals surface area contributed by atoms with E-state index in [9.17, 15) is 14.4 Å². The molecule has 1 aliphatic heterocycles. The van der Waals surface area contributed by atoms with Gasteiger partial charge in [-0.3, -0.25) is 24.3 Å². The Morgan fingerprint density at radius 2 is 1.60 bits per heavy atom. The summed E-state index contributed by atoms with van der Waals surface area (Å²) in [7, 11) is 0. The Kier molecular flexibility index (Phi) is 7.69. The third-order valence-electron chi connectivity index (χ3n) is 6.82. The molecule has 35 heavy (non-hydrogen) atoms. The fourth-order valence-electron chi connectivity index (χ4n) is 4.94. The molecule has 2 aliphatic rings. The molecule has 1 N–H and O–H groups in total. The molecule has 188 valence electrons. The van der Waals surface area contributed by atoms with Crippen molar-refractivity contribution in [2.24, 2.45) is 0 Å². The van der Waals surface area contributed by atoms with Gasteiger partial charge in [0.15, 0.2) is 0 Å². The van der Waals surface area contributed by atoms with E-state index in [-0.39, 0.29) is 23.1 Å². The van der Waals surface area contributed by atoms with Crippen molar-refractivity contribution in [2.45, 2.75) is 71.0 Å². The minimum absolute atomic E-state index is 0.0488. The summed E-state index contributed by atoms with van der Waals surface area (Å²) in [6, 6.07) is 4.20. The van der Waals surface area contributed by atoms with Gasteiger partial charge in [0.1, 0.15) is 11.1 Å². The van der Waals surface area contributed by atoms with Gasteiger partial charge >= 0.3 is 0 Å². The highest BCUT2D eigenvalue weighted by Gasteiger charge is 2.28. The summed E-state index contributed by atoms with van der Waals surface area (Å²) >= 11 is 0. The quantitative estimate of drug-likeness (QED) is 0.711. The molecule has 2 aromatic heterocycles. The van der Waals surface area contributed by atoms with Crippen molar-refractivity contribution in [3.8, 4) is 0 Å². The Balaban J connectivity index is 1.55. The third kappa shape index (κ3) is 6.36. The standard InChI is InChI=1S/C27H37N5O3/c1-27(2,3)29-25(34)22-18-32(21-7-5-4-6-8-21)19-23(24(22)33)26(35)31-15-13-30(14-16-31)17-20-9-11-28-12-10-20/h9-12,18-19,21H,4-8,13-17H2,1-3H3,(H,29,34). The summed E-state index contributed by atoms with van der Waals surface area (Å²) < 4.78 is 1.95. The molecule has 8 heteroatoms. The number of carbonyl (C=O) groups excluding carboxylic acids is 2. The molecule has 8 nitrogen and oxygen atoms in total. The zero-order chi connectivity index (χ0) is 25.0. The van der Waals surface area contributed by atoms with Crippen LogP contribution in [0.2, 0.25) is 0 Å². The molecular formula is C27H37N5O3. The Labute approximate surface area is 207 Å². The minimum atomic E-state index is -0.483. The van der Waals surface area contributed by atoms with Crippen LogP contribution >= 0.6 is 0 Å². The van der Waals surface area contributed by atoms with Crippen molar-refractivity contribution in [1.82, 2.24) is 24.7 Å². The maximum absolute atomic E-state index is 13.5. The van der Waals surface area contributed by atoms with Gasteiger partial charge in [-0.25, -0.2) is 0 Å². The SMILES string of the molecule is CC(C)(C)NC(=O)c1cn(C2CCCCC2)cc(C(=O)N2CCN(Cc3ccncc3)CC2)c1=O. The second-order valence-electron chi connectivity index (χ2n) is 10.8. The first-order valence-corrected chi connectivity index (χ1v) is 12.7. The maximum atomic E-state index is 13.5. The van der Waals surface area contributed by atoms with Crippen molar-refractivity contribution in [2.75, 3.05) is 26.2 Å². The molecule has 2 fully saturated rings. The molecule has 2 aromatic rings. The predicted octanol–water partition coefficient (Wildman–Crippen LogP) is 3.23. The van der Waals surface area contributed by atoms with Gasteiger partial charge in [-0.1, -0.05) is 19.3 Å². The Hall–Kier alpha value is -3.00. The van der Waals surface area contributed by atoms with E-state index in [0.29, 0.717) is 13.1 Å². The number of pyridine rings is 2. The van der Waals surface area contributed by atoms with Crippen molar-refractivity contribution in [3.63, 3.8) is 0 Å². The fourth-order valence-corrected chi connectivity index (χ4v) is 4.94. The van der Waals surface area contributed by atoms with Crippen LogP contribution in [0.25, 0.3) is 0 Å². The van der Waals surface area contributed by atoms with Gasteiger partial charge in [-0.05, 0) is 51.3 Å². The summed E-state index contributed by atoms with van der Waals surface area (Å²) in [5.74, 6) is -0.711. The highest BCUT2D eigenvalue weighted by Crippen LogP contribution is 2.28. The topological polar surface area (TPSA) is 87.5 Å². The van der Waals surface area contributed by atoms with Gasteiger partial charge in [0, 0.05) is 69.1 Å². The summed E-state index contributed by atoms with van der Waals surface area (Å²) in [5, 5.41) is 2.89. The smallest absolute Gasteiger partial charge is 0.259 e. The molecule has 2 amide bonds. The predicted molar refractivity (Wildman–Crippen MR) is 135 cm³/mol. The van der Waals surface area contributed by atoms with Gasteiger partial charge in [-0.2, -0.15) is 0 Å². The van der Waals surface area contributed by atoms with Crippen molar-refractivity contribution < 1.29 is 9.59 Å². The highest BCUT2D eigenvalue weighted by atomic mass is 16.2. The number of nitrogens with one attached hydrogen (secondary N) is 1. The van der Waals surface area contributed by atoms with Crippen LogP contribution in [0, 0.1) is 0 Å². The summed E-state index contributed by atoms with van der Waals surface area (Å²) in [4.78, 5) is 48.0. The molecule has 0 atom stereocenters. The van der Waals surface area contributed by atoms with Gasteiger partial charge in [-0.15, -0.1) is 0 Å². The van der Waals surface area contributed by atoms with Crippen LogP contribution < -0.4 is 10.7 Å². The number of hydrogen-bond donors (Lipinski definition) is 1. The molecule has 3 heterocycles. The first-order chi connectivity index (χ1) is 16.7. The Bertz CT molecular complexity index is 1090. The van der Waals surface area contributed by atoms with Gasteiger partial charge < -0.3 is 14.8 Å². The van der Waals surface area contributed by atoms with Crippen LogP contribution in [-0.4, -0.2) is 62.9 Å². The van der Waals surface area contributed by atoms with E-state index in [4.69, 9.17) is 0 Å². The largest absolute Gasteiger partial charge is 0.349 e. The molecule has 4 rings (SSSR count). The van der Waals surface area contributed by atoms with E-state index in [1.165, 1.54) is 12.0 Å². The Morgan fingerprint density at radius 3 is 2.23 bits per heavy atom. The summed E-state index contributed by atoms with van der Waals surface area (Å²) in [6.07, 6.45) is 12.3. The number of hydrogen-bond acceptors (Lipinski definition) is 5. The van der Waals surface area contributed by atoms with E-state index in [2.05, 4.69) is 15.2 Å². The van der Waals surface area contributed by atoms with Crippen LogP contribution in [-0.2, 0) is 6.54 Å². The molecule has 0 aromatic carbocycles. The van der Waals surface area contributed by atoms with E-state index >= 15 is 0 Å². The molecule has 1 aliphatic carbocycles. The average molecular weight is 480 g/mol. The molecule has 0 unspecified atom stereocenters. The minimum Gasteiger partial charge on any atom is -0.349 e. The third-order valence-corrected chi connectivity index (χ3v) is 6.82. The lowest BCUT2D eigenvalue weighted by Gasteiger charge is -2.35. The lowest BCUT2D eigenvalue weighted by molar-refractivity contribution is 0.0626.